The summed E-state index contributed by atoms with van der Waals surface area (Å²) in [5.41, 5.74) is 5.13. The van der Waals surface area contributed by atoms with Gasteiger partial charge in [0.25, 0.3) is 0 Å². The largest absolute Gasteiger partial charge is 0.478 e. The molecule has 0 aromatic heterocycles. The van der Waals surface area contributed by atoms with E-state index in [-0.39, 0.29) is 30.4 Å². The van der Waals surface area contributed by atoms with Crippen LogP contribution in [0.2, 0.25) is 0 Å². The maximum absolute atomic E-state index is 12.5. The topological polar surface area (TPSA) is 95.9 Å². The fraction of sp³-hybridized carbons (Fsp3) is 0.370. The number of carboxylic acids is 1. The molecule has 0 saturated heterocycles. The van der Waals surface area contributed by atoms with E-state index >= 15 is 0 Å². The van der Waals surface area contributed by atoms with E-state index in [4.69, 9.17) is 9.84 Å². The van der Waals surface area contributed by atoms with Crippen molar-refractivity contribution in [3.63, 3.8) is 0 Å². The van der Waals surface area contributed by atoms with Crippen LogP contribution in [0.25, 0.3) is 11.1 Å². The van der Waals surface area contributed by atoms with E-state index < -0.39 is 12.1 Å². The van der Waals surface area contributed by atoms with Crippen LogP contribution < -0.4 is 5.32 Å². The van der Waals surface area contributed by atoms with Crippen LogP contribution in [0, 0.1) is 5.92 Å². The van der Waals surface area contributed by atoms with Gasteiger partial charge in [-0.25, -0.2) is 9.59 Å². The van der Waals surface area contributed by atoms with Crippen LogP contribution in [0.3, 0.4) is 0 Å². The Balaban J connectivity index is 1.07. The van der Waals surface area contributed by atoms with E-state index in [9.17, 15) is 14.4 Å². The van der Waals surface area contributed by atoms with Crippen LogP contribution in [0.4, 0.5) is 4.79 Å². The highest BCUT2D eigenvalue weighted by molar-refractivity contribution is 5.87. The first-order valence-electron chi connectivity index (χ1n) is 11.8. The molecule has 1 saturated carbocycles. The number of benzene rings is 2. The molecule has 7 heteroatoms. The van der Waals surface area contributed by atoms with E-state index in [1.54, 1.807) is 11.0 Å². The van der Waals surface area contributed by atoms with Gasteiger partial charge in [0, 0.05) is 37.0 Å². The third kappa shape index (κ3) is 4.42. The number of nitrogens with one attached hydrogen (secondary N) is 1. The molecule has 0 atom stereocenters. The standard InChI is InChI=1S/C27H28N2O5/c30-25(29-11-9-18(10-12-29)26(31)32)15-17-13-19(14-17)28-27(33)34-16-24-22-7-3-1-5-20(22)21-6-2-4-8-23(21)24/h1-9,17,19,24H,10-16H2,(H,28,33)(H,31,32). The molecule has 34 heavy (non-hydrogen) atoms. The maximum Gasteiger partial charge on any atom is 0.407 e. The van der Waals surface area contributed by atoms with Gasteiger partial charge < -0.3 is 20.1 Å². The minimum absolute atomic E-state index is 0.0216. The molecule has 5 rings (SSSR count). The number of aliphatic carboxylic acids is 1. The van der Waals surface area contributed by atoms with Crippen LogP contribution in [-0.4, -0.2) is 53.7 Å². The maximum atomic E-state index is 12.5. The summed E-state index contributed by atoms with van der Waals surface area (Å²) in [6, 6.07) is 16.5. The van der Waals surface area contributed by atoms with Gasteiger partial charge in [0.15, 0.2) is 0 Å². The Morgan fingerprint density at radius 1 is 1.00 bits per heavy atom. The van der Waals surface area contributed by atoms with Gasteiger partial charge in [-0.05, 0) is 47.4 Å². The van der Waals surface area contributed by atoms with Gasteiger partial charge in [0.1, 0.15) is 6.61 Å². The number of carbonyl (C=O) groups is 3. The van der Waals surface area contributed by atoms with E-state index in [1.165, 1.54) is 22.3 Å². The zero-order chi connectivity index (χ0) is 23.7. The van der Waals surface area contributed by atoms with Crippen LogP contribution in [0.15, 0.2) is 60.2 Å². The number of fused-ring (bicyclic) bond motifs is 3. The molecule has 3 aliphatic rings. The fourth-order valence-corrected chi connectivity index (χ4v) is 5.29. The van der Waals surface area contributed by atoms with Crippen molar-refractivity contribution < 1.29 is 24.2 Å². The van der Waals surface area contributed by atoms with Crippen molar-refractivity contribution in [3.8, 4) is 11.1 Å². The van der Waals surface area contributed by atoms with Gasteiger partial charge in [-0.3, -0.25) is 4.79 Å². The van der Waals surface area contributed by atoms with E-state index in [2.05, 4.69) is 29.6 Å². The molecule has 0 spiro atoms. The Morgan fingerprint density at radius 2 is 1.65 bits per heavy atom. The summed E-state index contributed by atoms with van der Waals surface area (Å²) >= 11 is 0. The molecule has 2 aromatic rings. The Kier molecular flexibility index (Phi) is 6.09. The van der Waals surface area contributed by atoms with Gasteiger partial charge in [0.05, 0.1) is 0 Å². The summed E-state index contributed by atoms with van der Waals surface area (Å²) in [7, 11) is 0. The number of rotatable bonds is 6. The van der Waals surface area contributed by atoms with Gasteiger partial charge in [-0.2, -0.15) is 0 Å². The molecule has 0 bridgehead atoms. The second-order valence-electron chi connectivity index (χ2n) is 9.33. The van der Waals surface area contributed by atoms with E-state index in [0.717, 1.165) is 12.8 Å². The summed E-state index contributed by atoms with van der Waals surface area (Å²) in [6.07, 6.45) is 3.52. The number of nitrogens with zero attached hydrogens (tertiary/aromatic N) is 1. The first-order valence-corrected chi connectivity index (χ1v) is 11.8. The third-order valence-corrected chi connectivity index (χ3v) is 7.20. The molecule has 1 aliphatic heterocycles. The van der Waals surface area contributed by atoms with Crippen molar-refractivity contribution >= 4 is 18.0 Å². The monoisotopic (exact) mass is 460 g/mol. The molecule has 0 radical (unpaired) electrons. The summed E-state index contributed by atoms with van der Waals surface area (Å²) in [6.45, 7) is 1.09. The first-order chi connectivity index (χ1) is 16.5. The minimum Gasteiger partial charge on any atom is -0.478 e. The molecule has 2 aromatic carbocycles. The molecule has 0 unspecified atom stereocenters. The highest BCUT2D eigenvalue weighted by Gasteiger charge is 2.34. The Hall–Kier alpha value is -3.61. The lowest BCUT2D eigenvalue weighted by atomic mass is 9.78. The quantitative estimate of drug-likeness (QED) is 0.681. The lowest BCUT2D eigenvalue weighted by molar-refractivity contribution is -0.135. The molecule has 2 aliphatic carbocycles. The number of alkyl carbamates (subject to hydrolysis) is 1. The fourth-order valence-electron chi connectivity index (χ4n) is 5.29. The first kappa shape index (κ1) is 22.2. The van der Waals surface area contributed by atoms with Crippen molar-refractivity contribution in [2.24, 2.45) is 5.92 Å². The molecule has 1 fully saturated rings. The van der Waals surface area contributed by atoms with Crippen LogP contribution >= 0.6 is 0 Å². The van der Waals surface area contributed by atoms with E-state index in [0.29, 0.717) is 31.5 Å². The summed E-state index contributed by atoms with van der Waals surface area (Å²) in [5.74, 6) is -0.597. The molecule has 1 heterocycles. The van der Waals surface area contributed by atoms with Crippen molar-refractivity contribution in [3.05, 3.63) is 71.3 Å². The van der Waals surface area contributed by atoms with Crippen molar-refractivity contribution in [2.75, 3.05) is 19.7 Å². The van der Waals surface area contributed by atoms with Crippen molar-refractivity contribution in [1.82, 2.24) is 10.2 Å². The third-order valence-electron chi connectivity index (χ3n) is 7.20. The predicted molar refractivity (Wildman–Crippen MR) is 126 cm³/mol. The summed E-state index contributed by atoms with van der Waals surface area (Å²) in [5, 5.41) is 12.0. The van der Waals surface area contributed by atoms with Crippen LogP contribution in [-0.2, 0) is 14.3 Å². The van der Waals surface area contributed by atoms with Crippen molar-refractivity contribution in [1.29, 1.82) is 0 Å². The Labute approximate surface area is 198 Å². The molecule has 176 valence electrons. The molecular formula is C27H28N2O5. The summed E-state index contributed by atoms with van der Waals surface area (Å²) in [4.78, 5) is 37.6. The minimum atomic E-state index is -0.909. The van der Waals surface area contributed by atoms with Crippen LogP contribution in [0.5, 0.6) is 0 Å². The van der Waals surface area contributed by atoms with Crippen molar-refractivity contribution in [2.45, 2.75) is 37.6 Å². The average Bonchev–Trinajstić information content (AvgIpc) is 3.15. The smallest absolute Gasteiger partial charge is 0.407 e. The predicted octanol–water partition coefficient (Wildman–Crippen LogP) is 3.94. The van der Waals surface area contributed by atoms with Gasteiger partial charge >= 0.3 is 12.1 Å². The van der Waals surface area contributed by atoms with Gasteiger partial charge in [-0.1, -0.05) is 54.6 Å². The highest BCUT2D eigenvalue weighted by atomic mass is 16.5. The number of amides is 2. The second-order valence-corrected chi connectivity index (χ2v) is 9.33. The van der Waals surface area contributed by atoms with Crippen LogP contribution in [0.1, 0.15) is 42.7 Å². The SMILES string of the molecule is O=C(NC1CC(CC(=O)N2CC=C(C(=O)O)CC2)C1)OCC1c2ccccc2-c2ccccc21. The normalized spacial score (nSPS) is 21.1. The number of ether oxygens (including phenoxy) is 1. The number of hydrogen-bond acceptors (Lipinski definition) is 4. The Morgan fingerprint density at radius 3 is 2.24 bits per heavy atom. The zero-order valence-corrected chi connectivity index (χ0v) is 18.9. The molecule has 2 amide bonds. The number of carboxylic acid groups (broad SMARTS) is 1. The zero-order valence-electron chi connectivity index (χ0n) is 18.9. The number of carbonyl (C=O) groups excluding carboxylic acids is 2. The molecule has 2 N–H and O–H groups in total. The lowest BCUT2D eigenvalue weighted by Gasteiger charge is -2.36. The van der Waals surface area contributed by atoms with E-state index in [1.807, 2.05) is 24.3 Å². The van der Waals surface area contributed by atoms with Gasteiger partial charge in [0.2, 0.25) is 5.91 Å². The summed E-state index contributed by atoms with van der Waals surface area (Å²) < 4.78 is 5.61. The highest BCUT2D eigenvalue weighted by Crippen LogP contribution is 2.44. The number of hydrogen-bond donors (Lipinski definition) is 2. The molecule has 7 nitrogen and oxygen atoms in total. The average molecular weight is 461 g/mol. The molecular weight excluding hydrogens is 432 g/mol. The lowest BCUT2D eigenvalue weighted by Crippen LogP contribution is -2.46. The van der Waals surface area contributed by atoms with Gasteiger partial charge in [-0.15, -0.1) is 0 Å². The Bertz CT molecular complexity index is 1110. The second kappa shape index (κ2) is 9.33.